The third-order valence-corrected chi connectivity index (χ3v) is 1.86. The van der Waals surface area contributed by atoms with Gasteiger partial charge in [-0.3, -0.25) is 9.98 Å². The van der Waals surface area contributed by atoms with Gasteiger partial charge in [0.1, 0.15) is 0 Å². The first kappa shape index (κ1) is 10.4. The summed E-state index contributed by atoms with van der Waals surface area (Å²) in [6.07, 6.45) is 7.41. The highest BCUT2D eigenvalue weighted by molar-refractivity contribution is 5.65. The Morgan fingerprint density at radius 2 is 2.29 bits per heavy atom. The topological polar surface area (TPSA) is 25.2 Å². The molecule has 0 saturated heterocycles. The first-order chi connectivity index (χ1) is 6.74. The van der Waals surface area contributed by atoms with Crippen LogP contribution in [0.5, 0.6) is 0 Å². The summed E-state index contributed by atoms with van der Waals surface area (Å²) in [7, 11) is 0. The van der Waals surface area contributed by atoms with Crippen LogP contribution in [0.3, 0.4) is 0 Å². The van der Waals surface area contributed by atoms with Crippen molar-refractivity contribution in [2.24, 2.45) is 4.99 Å². The minimum atomic E-state index is 1.08. The zero-order valence-corrected chi connectivity index (χ0v) is 8.57. The molecule has 0 radical (unpaired) electrons. The molecule has 1 aromatic heterocycles. The van der Waals surface area contributed by atoms with Gasteiger partial charge in [0.05, 0.1) is 0 Å². The van der Waals surface area contributed by atoms with Crippen molar-refractivity contribution in [1.82, 2.24) is 4.98 Å². The quantitative estimate of drug-likeness (QED) is 0.526. The molecule has 0 aliphatic rings. The Labute approximate surface area is 84.7 Å². The van der Waals surface area contributed by atoms with Crippen LogP contribution in [0.15, 0.2) is 47.4 Å². The maximum Gasteiger partial charge on any atom is 0.0342 e. The third-order valence-electron chi connectivity index (χ3n) is 1.86. The highest BCUT2D eigenvalue weighted by Gasteiger charge is 1.93. The van der Waals surface area contributed by atoms with Crippen molar-refractivity contribution >= 4 is 12.3 Å². The largest absolute Gasteiger partial charge is 0.272 e. The number of allylic oxidation sites excluding steroid dienone is 3. The van der Waals surface area contributed by atoms with E-state index in [1.54, 1.807) is 12.4 Å². The summed E-state index contributed by atoms with van der Waals surface area (Å²) >= 11 is 0. The molecule has 0 aliphatic carbocycles. The molecule has 0 atom stereocenters. The second kappa shape index (κ2) is 5.12. The van der Waals surface area contributed by atoms with E-state index in [2.05, 4.69) is 29.7 Å². The predicted molar refractivity (Wildman–Crippen MR) is 61.2 cm³/mol. The molecule has 1 aromatic rings. The van der Waals surface area contributed by atoms with Crippen LogP contribution in [0, 0.1) is 0 Å². The van der Waals surface area contributed by atoms with Gasteiger partial charge in [-0.1, -0.05) is 12.1 Å². The molecular formula is C12H14N2. The number of rotatable bonds is 3. The van der Waals surface area contributed by atoms with Gasteiger partial charge in [0.2, 0.25) is 0 Å². The fourth-order valence-electron chi connectivity index (χ4n) is 1.20. The molecule has 72 valence electrons. The normalized spacial score (nSPS) is 12.7. The highest BCUT2D eigenvalue weighted by Crippen LogP contribution is 2.14. The number of pyridine rings is 1. The van der Waals surface area contributed by atoms with E-state index in [4.69, 9.17) is 0 Å². The smallest absolute Gasteiger partial charge is 0.0342 e. The maximum atomic E-state index is 4.06. The SMILES string of the molecule is C=N/C=C(C)\C=C(/C)c1cccnc1. The summed E-state index contributed by atoms with van der Waals surface area (Å²) in [5.74, 6) is 0. The van der Waals surface area contributed by atoms with Crippen molar-refractivity contribution < 1.29 is 0 Å². The molecule has 1 rings (SSSR count). The van der Waals surface area contributed by atoms with E-state index in [-0.39, 0.29) is 0 Å². The molecule has 0 bridgehead atoms. The van der Waals surface area contributed by atoms with Crippen LogP contribution < -0.4 is 0 Å². The molecule has 0 unspecified atom stereocenters. The predicted octanol–water partition coefficient (Wildman–Crippen LogP) is 3.09. The molecule has 0 saturated carbocycles. The molecule has 2 nitrogen and oxygen atoms in total. The Morgan fingerprint density at radius 1 is 1.50 bits per heavy atom. The van der Waals surface area contributed by atoms with E-state index in [1.165, 1.54) is 5.57 Å². The van der Waals surface area contributed by atoms with Crippen molar-refractivity contribution in [2.75, 3.05) is 0 Å². The fraction of sp³-hybridized carbons (Fsp3) is 0.167. The van der Waals surface area contributed by atoms with Gasteiger partial charge in [0.15, 0.2) is 0 Å². The molecule has 14 heavy (non-hydrogen) atoms. The van der Waals surface area contributed by atoms with E-state index in [0.717, 1.165) is 11.1 Å². The van der Waals surface area contributed by atoms with Crippen LogP contribution in [0.1, 0.15) is 19.4 Å². The summed E-state index contributed by atoms with van der Waals surface area (Å²) < 4.78 is 0. The van der Waals surface area contributed by atoms with E-state index >= 15 is 0 Å². The van der Waals surface area contributed by atoms with Crippen LogP contribution in [0.4, 0.5) is 0 Å². The van der Waals surface area contributed by atoms with Gasteiger partial charge in [-0.2, -0.15) is 0 Å². The van der Waals surface area contributed by atoms with E-state index in [9.17, 15) is 0 Å². The van der Waals surface area contributed by atoms with Gasteiger partial charge < -0.3 is 0 Å². The first-order valence-corrected chi connectivity index (χ1v) is 4.45. The summed E-state index contributed by atoms with van der Waals surface area (Å²) in [4.78, 5) is 7.77. The van der Waals surface area contributed by atoms with Crippen molar-refractivity contribution in [1.29, 1.82) is 0 Å². The Bertz CT molecular complexity index is 361. The Morgan fingerprint density at radius 3 is 2.86 bits per heavy atom. The average Bonchev–Trinajstić information content (AvgIpc) is 2.19. The van der Waals surface area contributed by atoms with Gasteiger partial charge in [-0.15, -0.1) is 0 Å². The molecule has 0 aliphatic heterocycles. The molecule has 0 aromatic carbocycles. The van der Waals surface area contributed by atoms with Crippen molar-refractivity contribution in [2.45, 2.75) is 13.8 Å². The number of nitrogens with zero attached hydrogens (tertiary/aromatic N) is 2. The monoisotopic (exact) mass is 186 g/mol. The molecule has 0 N–H and O–H groups in total. The van der Waals surface area contributed by atoms with Gasteiger partial charge >= 0.3 is 0 Å². The highest BCUT2D eigenvalue weighted by atomic mass is 14.6. The Kier molecular flexibility index (Phi) is 3.80. The summed E-state index contributed by atoms with van der Waals surface area (Å²) in [6, 6.07) is 3.96. The van der Waals surface area contributed by atoms with Crippen LogP contribution in [-0.4, -0.2) is 11.7 Å². The van der Waals surface area contributed by atoms with Crippen LogP contribution >= 0.6 is 0 Å². The number of aromatic nitrogens is 1. The minimum Gasteiger partial charge on any atom is -0.272 e. The second-order valence-corrected chi connectivity index (χ2v) is 3.12. The van der Waals surface area contributed by atoms with Gasteiger partial charge in [0.25, 0.3) is 0 Å². The zero-order chi connectivity index (χ0) is 10.4. The summed E-state index contributed by atoms with van der Waals surface area (Å²) in [5.41, 5.74) is 3.39. The second-order valence-electron chi connectivity index (χ2n) is 3.12. The molecular weight excluding hydrogens is 172 g/mol. The van der Waals surface area contributed by atoms with Crippen molar-refractivity contribution in [3.05, 3.63) is 47.9 Å². The Balaban J connectivity index is 2.90. The van der Waals surface area contributed by atoms with Crippen LogP contribution in [0.2, 0.25) is 0 Å². The maximum absolute atomic E-state index is 4.06. The minimum absolute atomic E-state index is 1.08. The standard InChI is InChI=1S/C12H14N2/c1-10(8-13-3)7-11(2)12-5-4-6-14-9-12/h4-9H,3H2,1-2H3/b10-8-,11-7+. The fourth-order valence-corrected chi connectivity index (χ4v) is 1.20. The Hall–Kier alpha value is -1.70. The number of hydrogen-bond acceptors (Lipinski definition) is 2. The third kappa shape index (κ3) is 2.98. The van der Waals surface area contributed by atoms with Crippen LogP contribution in [0.25, 0.3) is 5.57 Å². The lowest BCUT2D eigenvalue weighted by Crippen LogP contribution is -1.81. The summed E-state index contributed by atoms with van der Waals surface area (Å²) in [6.45, 7) is 7.46. The lowest BCUT2D eigenvalue weighted by molar-refractivity contribution is 1.30. The van der Waals surface area contributed by atoms with Crippen molar-refractivity contribution in [3.8, 4) is 0 Å². The van der Waals surface area contributed by atoms with E-state index < -0.39 is 0 Å². The molecule has 1 heterocycles. The van der Waals surface area contributed by atoms with E-state index in [1.807, 2.05) is 25.3 Å². The van der Waals surface area contributed by atoms with Gasteiger partial charge in [-0.25, -0.2) is 0 Å². The van der Waals surface area contributed by atoms with Gasteiger partial charge in [-0.05, 0) is 43.3 Å². The molecule has 0 amide bonds. The lowest BCUT2D eigenvalue weighted by Gasteiger charge is -1.99. The van der Waals surface area contributed by atoms with Crippen molar-refractivity contribution in [3.63, 3.8) is 0 Å². The van der Waals surface area contributed by atoms with Gasteiger partial charge in [0, 0.05) is 18.6 Å². The number of hydrogen-bond donors (Lipinski definition) is 0. The van der Waals surface area contributed by atoms with E-state index in [0.29, 0.717) is 0 Å². The molecule has 0 spiro atoms. The molecule has 2 heteroatoms. The first-order valence-electron chi connectivity index (χ1n) is 4.45. The zero-order valence-electron chi connectivity index (χ0n) is 8.57. The summed E-state index contributed by atoms with van der Waals surface area (Å²) in [5, 5.41) is 0. The average molecular weight is 186 g/mol. The van der Waals surface area contributed by atoms with Crippen LogP contribution in [-0.2, 0) is 0 Å². The lowest BCUT2D eigenvalue weighted by atomic mass is 10.1. The number of aliphatic imine (C=N–C) groups is 1. The molecule has 0 fully saturated rings.